The molecule has 0 spiro atoms. The molecule has 2 rings (SSSR count). The largest absolute Gasteiger partial charge is 0.355 e. The summed E-state index contributed by atoms with van der Waals surface area (Å²) < 4.78 is 0. The zero-order chi connectivity index (χ0) is 15.1. The van der Waals surface area contributed by atoms with E-state index in [2.05, 4.69) is 19.8 Å². The van der Waals surface area contributed by atoms with Gasteiger partial charge in [-0.3, -0.25) is 0 Å². The van der Waals surface area contributed by atoms with E-state index in [1.807, 2.05) is 31.3 Å². The summed E-state index contributed by atoms with van der Waals surface area (Å²) in [5, 5.41) is 0. The molecule has 0 unspecified atom stereocenters. The van der Waals surface area contributed by atoms with Gasteiger partial charge in [-0.2, -0.15) is 4.98 Å². The summed E-state index contributed by atoms with van der Waals surface area (Å²) in [5.41, 5.74) is 5.57. The third kappa shape index (κ3) is 4.82. The molecule has 118 valence electrons. The fraction of sp³-hybridized carbons (Fsp3) is 0.733. The molecule has 0 amide bonds. The van der Waals surface area contributed by atoms with Crippen LogP contribution in [0.5, 0.6) is 0 Å². The van der Waals surface area contributed by atoms with Gasteiger partial charge < -0.3 is 20.4 Å². The number of aromatic nitrogens is 2. The zero-order valence-electron chi connectivity index (χ0n) is 13.3. The smallest absolute Gasteiger partial charge is 0.226 e. The lowest BCUT2D eigenvalue weighted by Crippen LogP contribution is -2.32. The number of nitrogens with two attached hydrogens (primary N) is 1. The summed E-state index contributed by atoms with van der Waals surface area (Å²) in [6.07, 6.45) is 5.36. The molecule has 1 saturated heterocycles. The van der Waals surface area contributed by atoms with E-state index in [9.17, 15) is 0 Å². The van der Waals surface area contributed by atoms with Gasteiger partial charge in [0.05, 0.1) is 0 Å². The van der Waals surface area contributed by atoms with Crippen molar-refractivity contribution in [1.82, 2.24) is 14.9 Å². The van der Waals surface area contributed by atoms with Crippen molar-refractivity contribution in [2.24, 2.45) is 5.73 Å². The Labute approximate surface area is 127 Å². The zero-order valence-corrected chi connectivity index (χ0v) is 13.3. The maximum absolute atomic E-state index is 5.57. The van der Waals surface area contributed by atoms with Crippen molar-refractivity contribution < 1.29 is 0 Å². The highest BCUT2D eigenvalue weighted by molar-refractivity contribution is 5.43. The van der Waals surface area contributed by atoms with E-state index >= 15 is 0 Å². The van der Waals surface area contributed by atoms with Crippen molar-refractivity contribution in [3.63, 3.8) is 0 Å². The summed E-state index contributed by atoms with van der Waals surface area (Å²) in [6.45, 7) is 6.34. The Morgan fingerprint density at radius 1 is 1.19 bits per heavy atom. The molecular formula is C15H28N6. The van der Waals surface area contributed by atoms with Gasteiger partial charge in [0.2, 0.25) is 5.95 Å². The van der Waals surface area contributed by atoms with Crippen LogP contribution < -0.4 is 15.5 Å². The maximum atomic E-state index is 5.57. The Bertz CT molecular complexity index is 422. The minimum atomic E-state index is 0.775. The lowest BCUT2D eigenvalue weighted by molar-refractivity contribution is 0.288. The van der Waals surface area contributed by atoms with E-state index < -0.39 is 0 Å². The van der Waals surface area contributed by atoms with Crippen LogP contribution >= 0.6 is 0 Å². The minimum absolute atomic E-state index is 0.775. The molecular weight excluding hydrogens is 264 g/mol. The van der Waals surface area contributed by atoms with E-state index in [0.29, 0.717) is 0 Å². The quantitative estimate of drug-likeness (QED) is 0.782. The molecule has 0 bridgehead atoms. The van der Waals surface area contributed by atoms with Crippen LogP contribution in [0.4, 0.5) is 11.8 Å². The van der Waals surface area contributed by atoms with E-state index in [-0.39, 0.29) is 0 Å². The van der Waals surface area contributed by atoms with Gasteiger partial charge in [-0.1, -0.05) is 0 Å². The summed E-state index contributed by atoms with van der Waals surface area (Å²) in [7, 11) is 3.95. The number of nitrogens with zero attached hydrogens (tertiary/aromatic N) is 5. The van der Waals surface area contributed by atoms with Gasteiger partial charge in [0.15, 0.2) is 0 Å². The van der Waals surface area contributed by atoms with Crippen molar-refractivity contribution in [2.75, 3.05) is 63.2 Å². The average molecular weight is 292 g/mol. The number of unbranched alkanes of at least 4 members (excludes halogenated alkanes) is 1. The summed E-state index contributed by atoms with van der Waals surface area (Å²) in [5.74, 6) is 1.81. The molecule has 1 fully saturated rings. The van der Waals surface area contributed by atoms with Gasteiger partial charge in [-0.25, -0.2) is 4.98 Å². The van der Waals surface area contributed by atoms with Crippen LogP contribution in [0.3, 0.4) is 0 Å². The fourth-order valence-corrected chi connectivity index (χ4v) is 2.63. The van der Waals surface area contributed by atoms with Crippen LogP contribution in [0, 0.1) is 0 Å². The average Bonchev–Trinajstić information content (AvgIpc) is 2.73. The highest BCUT2D eigenvalue weighted by atomic mass is 15.3. The van der Waals surface area contributed by atoms with Gasteiger partial charge in [0.25, 0.3) is 0 Å². The second kappa shape index (κ2) is 8.14. The molecule has 1 aliphatic heterocycles. The third-order valence-corrected chi connectivity index (χ3v) is 3.87. The number of rotatable bonds is 6. The van der Waals surface area contributed by atoms with Crippen molar-refractivity contribution in [2.45, 2.75) is 19.3 Å². The summed E-state index contributed by atoms with van der Waals surface area (Å²) in [4.78, 5) is 15.8. The predicted molar refractivity (Wildman–Crippen MR) is 87.9 cm³/mol. The van der Waals surface area contributed by atoms with Crippen LogP contribution in [0.15, 0.2) is 12.3 Å². The van der Waals surface area contributed by atoms with Crippen LogP contribution in [0.1, 0.15) is 19.3 Å². The maximum Gasteiger partial charge on any atom is 0.226 e. The molecule has 1 aliphatic rings. The fourth-order valence-electron chi connectivity index (χ4n) is 2.63. The van der Waals surface area contributed by atoms with Gasteiger partial charge in [0.1, 0.15) is 5.82 Å². The van der Waals surface area contributed by atoms with Crippen LogP contribution in [0.2, 0.25) is 0 Å². The molecule has 0 atom stereocenters. The highest BCUT2D eigenvalue weighted by Gasteiger charge is 2.16. The normalized spacial score (nSPS) is 16.8. The molecule has 6 nitrogen and oxygen atoms in total. The first-order chi connectivity index (χ1) is 10.2. The minimum Gasteiger partial charge on any atom is -0.355 e. The number of hydrogen-bond donors (Lipinski definition) is 1. The number of hydrogen-bond acceptors (Lipinski definition) is 6. The van der Waals surface area contributed by atoms with E-state index in [0.717, 1.165) is 50.9 Å². The van der Waals surface area contributed by atoms with Gasteiger partial charge in [0, 0.05) is 39.9 Å². The first-order valence-electron chi connectivity index (χ1n) is 7.88. The van der Waals surface area contributed by atoms with E-state index in [1.54, 1.807) is 0 Å². The standard InChI is InChI=1S/C15H28N6/c1-19(2)15-17-8-6-14(18-15)21-11-5-10-20(12-13-21)9-4-3-7-16/h6,8H,3-5,7,9-13,16H2,1-2H3. The second-order valence-electron chi connectivity index (χ2n) is 5.79. The molecule has 21 heavy (non-hydrogen) atoms. The van der Waals surface area contributed by atoms with Crippen molar-refractivity contribution in [1.29, 1.82) is 0 Å². The summed E-state index contributed by atoms with van der Waals surface area (Å²) in [6, 6.07) is 2.01. The van der Waals surface area contributed by atoms with Crippen molar-refractivity contribution >= 4 is 11.8 Å². The molecule has 0 aromatic carbocycles. The summed E-state index contributed by atoms with van der Waals surface area (Å²) >= 11 is 0. The van der Waals surface area contributed by atoms with Crippen molar-refractivity contribution in [3.05, 3.63) is 12.3 Å². The molecule has 0 saturated carbocycles. The molecule has 2 N–H and O–H groups in total. The molecule has 1 aromatic heterocycles. The topological polar surface area (TPSA) is 61.5 Å². The lowest BCUT2D eigenvalue weighted by atomic mass is 10.3. The Hall–Kier alpha value is -1.40. The first kappa shape index (κ1) is 16.0. The lowest BCUT2D eigenvalue weighted by Gasteiger charge is -2.23. The molecule has 2 heterocycles. The monoisotopic (exact) mass is 292 g/mol. The van der Waals surface area contributed by atoms with Crippen LogP contribution in [-0.2, 0) is 0 Å². The molecule has 6 heteroatoms. The number of anilines is 2. The molecule has 0 radical (unpaired) electrons. The second-order valence-corrected chi connectivity index (χ2v) is 5.79. The SMILES string of the molecule is CN(C)c1nccc(N2CCCN(CCCCN)CC2)n1. The Morgan fingerprint density at radius 3 is 2.81 bits per heavy atom. The highest BCUT2D eigenvalue weighted by Crippen LogP contribution is 2.16. The Balaban J connectivity index is 1.91. The first-order valence-corrected chi connectivity index (χ1v) is 7.88. The third-order valence-electron chi connectivity index (χ3n) is 3.87. The molecule has 1 aromatic rings. The van der Waals surface area contributed by atoms with Gasteiger partial charge in [-0.15, -0.1) is 0 Å². The van der Waals surface area contributed by atoms with Gasteiger partial charge >= 0.3 is 0 Å². The Kier molecular flexibility index (Phi) is 6.20. The van der Waals surface area contributed by atoms with Crippen LogP contribution in [0.25, 0.3) is 0 Å². The van der Waals surface area contributed by atoms with E-state index in [1.165, 1.54) is 19.4 Å². The van der Waals surface area contributed by atoms with E-state index in [4.69, 9.17) is 5.73 Å². The van der Waals surface area contributed by atoms with Gasteiger partial charge in [-0.05, 0) is 45.0 Å². The Morgan fingerprint density at radius 2 is 2.05 bits per heavy atom. The van der Waals surface area contributed by atoms with Crippen molar-refractivity contribution in [3.8, 4) is 0 Å². The van der Waals surface area contributed by atoms with Crippen LogP contribution in [-0.4, -0.2) is 68.2 Å². The predicted octanol–water partition coefficient (Wildman–Crippen LogP) is 0.794. The molecule has 0 aliphatic carbocycles.